The van der Waals surface area contributed by atoms with Gasteiger partial charge in [0.25, 0.3) is 5.91 Å². The van der Waals surface area contributed by atoms with E-state index < -0.39 is 17.6 Å². The molecule has 0 unspecified atom stereocenters. The Morgan fingerprint density at radius 1 is 1.09 bits per heavy atom. The van der Waals surface area contributed by atoms with Crippen molar-refractivity contribution < 1.29 is 18.0 Å². The molecule has 1 N–H and O–H groups in total. The molecule has 2 aromatic carbocycles. The molecule has 5 heteroatoms. The minimum absolute atomic E-state index is 0.122. The zero-order valence-electron chi connectivity index (χ0n) is 13.2. The molecule has 2 aromatic rings. The summed E-state index contributed by atoms with van der Waals surface area (Å²) in [6.45, 7) is 6.01. The zero-order valence-corrected chi connectivity index (χ0v) is 13.2. The van der Waals surface area contributed by atoms with Crippen LogP contribution in [0.25, 0.3) is 0 Å². The van der Waals surface area contributed by atoms with Gasteiger partial charge in [0.15, 0.2) is 0 Å². The van der Waals surface area contributed by atoms with Gasteiger partial charge in [-0.25, -0.2) is 0 Å². The van der Waals surface area contributed by atoms with Gasteiger partial charge < -0.3 is 5.32 Å². The number of halogens is 3. The number of rotatable bonds is 3. The summed E-state index contributed by atoms with van der Waals surface area (Å²) in [5.74, 6) is -0.164. The van der Waals surface area contributed by atoms with Gasteiger partial charge in [-0.05, 0) is 54.3 Å². The maximum atomic E-state index is 12.7. The van der Waals surface area contributed by atoms with E-state index in [1.54, 1.807) is 12.1 Å². The molecule has 0 aliphatic carbocycles. The van der Waals surface area contributed by atoms with Crippen molar-refractivity contribution in [3.8, 4) is 0 Å². The number of hydrogen-bond acceptors (Lipinski definition) is 1. The Morgan fingerprint density at radius 2 is 1.78 bits per heavy atom. The molecule has 0 aliphatic heterocycles. The maximum Gasteiger partial charge on any atom is 0.416 e. The van der Waals surface area contributed by atoms with Gasteiger partial charge in [0.1, 0.15) is 0 Å². The molecule has 0 saturated heterocycles. The highest BCUT2D eigenvalue weighted by atomic mass is 19.4. The molecule has 0 spiro atoms. The summed E-state index contributed by atoms with van der Waals surface area (Å²) in [6.07, 6.45) is -4.44. The number of nitrogens with one attached hydrogen (secondary N) is 1. The van der Waals surface area contributed by atoms with E-state index in [0.29, 0.717) is 5.56 Å². The minimum atomic E-state index is -4.44. The quantitative estimate of drug-likeness (QED) is 0.807. The van der Waals surface area contributed by atoms with Crippen LogP contribution in [0.5, 0.6) is 0 Å². The van der Waals surface area contributed by atoms with E-state index in [1.165, 1.54) is 12.1 Å². The lowest BCUT2D eigenvalue weighted by Gasteiger charge is -2.13. The van der Waals surface area contributed by atoms with Crippen molar-refractivity contribution in [1.82, 2.24) is 0 Å². The molecule has 122 valence electrons. The third kappa shape index (κ3) is 4.12. The topological polar surface area (TPSA) is 29.1 Å². The average Bonchev–Trinajstić information content (AvgIpc) is 2.46. The van der Waals surface area contributed by atoms with Crippen LogP contribution >= 0.6 is 0 Å². The van der Waals surface area contributed by atoms with Crippen molar-refractivity contribution in [3.63, 3.8) is 0 Å². The monoisotopic (exact) mass is 321 g/mol. The number of carbonyl (C=O) groups is 1. The fourth-order valence-corrected chi connectivity index (χ4v) is 2.38. The second kappa shape index (κ2) is 6.44. The smallest absolute Gasteiger partial charge is 0.322 e. The van der Waals surface area contributed by atoms with E-state index in [1.807, 2.05) is 26.8 Å². The number of anilines is 1. The van der Waals surface area contributed by atoms with Gasteiger partial charge in [0.2, 0.25) is 0 Å². The molecular formula is C18H18F3NO. The summed E-state index contributed by atoms with van der Waals surface area (Å²) in [5, 5.41) is 2.52. The summed E-state index contributed by atoms with van der Waals surface area (Å²) >= 11 is 0. The van der Waals surface area contributed by atoms with Gasteiger partial charge in [-0.2, -0.15) is 13.2 Å². The van der Waals surface area contributed by atoms with E-state index in [2.05, 4.69) is 5.32 Å². The molecule has 1 amide bonds. The minimum Gasteiger partial charge on any atom is -0.322 e. The fraction of sp³-hybridized carbons (Fsp3) is 0.278. The fourth-order valence-electron chi connectivity index (χ4n) is 2.38. The number of benzene rings is 2. The van der Waals surface area contributed by atoms with Gasteiger partial charge in [-0.1, -0.05) is 26.0 Å². The van der Waals surface area contributed by atoms with Crippen molar-refractivity contribution in [3.05, 3.63) is 64.7 Å². The normalized spacial score (nSPS) is 11.6. The van der Waals surface area contributed by atoms with E-state index >= 15 is 0 Å². The molecule has 0 bridgehead atoms. The van der Waals surface area contributed by atoms with Gasteiger partial charge in [-0.15, -0.1) is 0 Å². The van der Waals surface area contributed by atoms with Crippen molar-refractivity contribution in [2.24, 2.45) is 0 Å². The van der Waals surface area contributed by atoms with Gasteiger partial charge in [-0.3, -0.25) is 4.79 Å². The summed E-state index contributed by atoms with van der Waals surface area (Å²) in [4.78, 5) is 12.3. The molecule has 0 atom stereocenters. The van der Waals surface area contributed by atoms with Crippen LogP contribution in [0, 0.1) is 6.92 Å². The van der Waals surface area contributed by atoms with Crippen molar-refractivity contribution in [1.29, 1.82) is 0 Å². The molecular weight excluding hydrogens is 303 g/mol. The predicted octanol–water partition coefficient (Wildman–Crippen LogP) is 5.39. The first-order valence-electron chi connectivity index (χ1n) is 7.27. The van der Waals surface area contributed by atoms with Crippen LogP contribution in [0.1, 0.15) is 46.8 Å². The Balaban J connectivity index is 2.25. The van der Waals surface area contributed by atoms with Crippen LogP contribution in [-0.4, -0.2) is 5.91 Å². The van der Waals surface area contributed by atoms with Gasteiger partial charge in [0, 0.05) is 11.3 Å². The van der Waals surface area contributed by atoms with Crippen LogP contribution in [0.3, 0.4) is 0 Å². The Bertz CT molecular complexity index is 720. The number of aryl methyl sites for hydroxylation is 1. The lowest BCUT2D eigenvalue weighted by atomic mass is 9.95. The predicted molar refractivity (Wildman–Crippen MR) is 84.7 cm³/mol. The van der Waals surface area contributed by atoms with E-state index in [4.69, 9.17) is 0 Å². The lowest BCUT2D eigenvalue weighted by molar-refractivity contribution is -0.137. The number of carbonyl (C=O) groups excluding carboxylic acids is 1. The number of hydrogen-bond donors (Lipinski definition) is 1. The number of amides is 1. The van der Waals surface area contributed by atoms with E-state index in [-0.39, 0.29) is 11.6 Å². The summed E-state index contributed by atoms with van der Waals surface area (Å²) < 4.78 is 38.1. The highest BCUT2D eigenvalue weighted by molar-refractivity contribution is 6.04. The van der Waals surface area contributed by atoms with Crippen molar-refractivity contribution >= 4 is 11.6 Å². The van der Waals surface area contributed by atoms with E-state index in [0.717, 1.165) is 23.3 Å². The average molecular weight is 321 g/mol. The van der Waals surface area contributed by atoms with Gasteiger partial charge >= 0.3 is 6.18 Å². The summed E-state index contributed by atoms with van der Waals surface area (Å²) in [7, 11) is 0. The van der Waals surface area contributed by atoms with E-state index in [9.17, 15) is 18.0 Å². The highest BCUT2D eigenvalue weighted by Gasteiger charge is 2.30. The van der Waals surface area contributed by atoms with Crippen molar-refractivity contribution in [2.75, 3.05) is 5.32 Å². The Labute approximate surface area is 133 Å². The van der Waals surface area contributed by atoms with Crippen LogP contribution < -0.4 is 5.32 Å². The van der Waals surface area contributed by atoms with Crippen molar-refractivity contribution in [2.45, 2.75) is 32.9 Å². The SMILES string of the molecule is Cc1ccc(C(=O)Nc2cccc(C(F)(F)F)c2)cc1C(C)C. The molecule has 0 aliphatic rings. The molecule has 23 heavy (non-hydrogen) atoms. The first-order valence-corrected chi connectivity index (χ1v) is 7.27. The first-order chi connectivity index (χ1) is 10.7. The van der Waals surface area contributed by atoms with Crippen LogP contribution in [0.4, 0.5) is 18.9 Å². The largest absolute Gasteiger partial charge is 0.416 e. The van der Waals surface area contributed by atoms with Crippen LogP contribution in [0.15, 0.2) is 42.5 Å². The summed E-state index contributed by atoms with van der Waals surface area (Å²) in [6, 6.07) is 9.90. The molecule has 0 heterocycles. The molecule has 0 aromatic heterocycles. The Kier molecular flexibility index (Phi) is 4.78. The Morgan fingerprint density at radius 3 is 2.39 bits per heavy atom. The molecule has 0 fully saturated rings. The second-order valence-corrected chi connectivity index (χ2v) is 5.76. The first kappa shape index (κ1) is 17.1. The third-order valence-electron chi connectivity index (χ3n) is 3.61. The molecule has 0 saturated carbocycles. The highest BCUT2D eigenvalue weighted by Crippen LogP contribution is 2.30. The summed E-state index contributed by atoms with van der Waals surface area (Å²) in [5.41, 5.74) is 1.88. The van der Waals surface area contributed by atoms with Gasteiger partial charge in [0.05, 0.1) is 5.56 Å². The lowest BCUT2D eigenvalue weighted by Crippen LogP contribution is -2.14. The maximum absolute atomic E-state index is 12.7. The standard InChI is InChI=1S/C18H18F3NO/c1-11(2)16-9-13(8-7-12(16)3)17(23)22-15-6-4-5-14(10-15)18(19,20)21/h4-11H,1-3H3,(H,22,23). The Hall–Kier alpha value is -2.30. The molecule has 2 nitrogen and oxygen atoms in total. The second-order valence-electron chi connectivity index (χ2n) is 5.76. The zero-order chi connectivity index (χ0) is 17.2. The molecule has 2 rings (SSSR count). The third-order valence-corrected chi connectivity index (χ3v) is 3.61. The number of alkyl halides is 3. The van der Waals surface area contributed by atoms with Crippen LogP contribution in [0.2, 0.25) is 0 Å². The molecule has 0 radical (unpaired) electrons. The van der Waals surface area contributed by atoms with Crippen LogP contribution in [-0.2, 0) is 6.18 Å².